The lowest BCUT2D eigenvalue weighted by molar-refractivity contribution is -0.212. The van der Waals surface area contributed by atoms with Crippen molar-refractivity contribution >= 4 is 0 Å². The molecule has 204 valence electrons. The Morgan fingerprint density at radius 1 is 0.833 bits per heavy atom. The Bertz CT molecular complexity index is 962. The smallest absolute Gasteiger partial charge is 0.163 e. The monoisotopic (exact) mass is 498 g/mol. The second-order valence-electron chi connectivity index (χ2n) is 16.9. The summed E-state index contributed by atoms with van der Waals surface area (Å²) in [5.41, 5.74) is 3.13. The minimum absolute atomic E-state index is 0.115. The number of hydrogen-bond donors (Lipinski definition) is 1. The number of aliphatic hydroxyl groups is 1. The minimum Gasteiger partial charge on any atom is -0.396 e. The van der Waals surface area contributed by atoms with Crippen molar-refractivity contribution in [3.8, 4) is 0 Å². The number of hydrogen-bond acceptors (Lipinski definition) is 3. The van der Waals surface area contributed by atoms with E-state index >= 15 is 0 Å². The standard InChI is InChI=1S/C33H54O3/c1-27(2)14-16-33(20-34)17-15-31(8)21(22(33)18-27)10-11-25-30(7)19-23-26(36-29(5,6)35-23)28(3,4)24(30)12-13-32(25,31)9/h10,22-26,34H,11-20H2,1-9H3/t22-,23+,24-,25+,26-,30-,31+,32+,33+/m0/s1. The maximum Gasteiger partial charge on any atom is 0.163 e. The van der Waals surface area contributed by atoms with Gasteiger partial charge < -0.3 is 14.6 Å². The Hall–Kier alpha value is -0.380. The van der Waals surface area contributed by atoms with E-state index in [1.165, 1.54) is 51.4 Å². The normalized spacial score (nSPS) is 54.3. The first kappa shape index (κ1) is 25.9. The van der Waals surface area contributed by atoms with Gasteiger partial charge in [-0.3, -0.25) is 0 Å². The lowest BCUT2D eigenvalue weighted by Gasteiger charge is -2.71. The molecule has 0 unspecified atom stereocenters. The topological polar surface area (TPSA) is 38.7 Å². The van der Waals surface area contributed by atoms with Gasteiger partial charge in [0.15, 0.2) is 5.79 Å². The van der Waals surface area contributed by atoms with Gasteiger partial charge in [0.05, 0.1) is 12.2 Å². The highest BCUT2D eigenvalue weighted by atomic mass is 16.8. The first-order valence-electron chi connectivity index (χ1n) is 15.2. The molecule has 1 N–H and O–H groups in total. The van der Waals surface area contributed by atoms with E-state index in [0.717, 1.165) is 6.42 Å². The number of aliphatic hydroxyl groups excluding tert-OH is 1. The fourth-order valence-electron chi connectivity index (χ4n) is 11.8. The molecule has 9 atom stereocenters. The highest BCUT2D eigenvalue weighted by molar-refractivity contribution is 5.34. The van der Waals surface area contributed by atoms with Crippen molar-refractivity contribution in [2.24, 2.45) is 50.2 Å². The van der Waals surface area contributed by atoms with Gasteiger partial charge in [-0.1, -0.05) is 60.1 Å². The molecule has 36 heavy (non-hydrogen) atoms. The molecule has 6 rings (SSSR count). The average molecular weight is 499 g/mol. The molecule has 1 heterocycles. The molecule has 0 spiro atoms. The van der Waals surface area contributed by atoms with Crippen molar-refractivity contribution in [2.75, 3.05) is 6.61 Å². The van der Waals surface area contributed by atoms with Gasteiger partial charge in [-0.05, 0) is 116 Å². The molecule has 0 amide bonds. The third-order valence-corrected chi connectivity index (χ3v) is 13.8. The van der Waals surface area contributed by atoms with Crippen LogP contribution in [0.4, 0.5) is 0 Å². The Morgan fingerprint density at radius 2 is 1.53 bits per heavy atom. The molecule has 1 saturated heterocycles. The predicted molar refractivity (Wildman–Crippen MR) is 145 cm³/mol. The van der Waals surface area contributed by atoms with E-state index in [1.54, 1.807) is 5.57 Å². The molecule has 5 fully saturated rings. The van der Waals surface area contributed by atoms with Crippen LogP contribution in [0.2, 0.25) is 0 Å². The van der Waals surface area contributed by atoms with E-state index in [-0.39, 0.29) is 33.9 Å². The molecule has 0 aromatic rings. The van der Waals surface area contributed by atoms with Gasteiger partial charge in [0.25, 0.3) is 0 Å². The van der Waals surface area contributed by atoms with Crippen LogP contribution in [0.25, 0.3) is 0 Å². The number of ether oxygens (including phenoxy) is 2. The molecule has 1 aliphatic heterocycles. The molecule has 5 aliphatic carbocycles. The van der Waals surface area contributed by atoms with Crippen LogP contribution in [0.15, 0.2) is 11.6 Å². The van der Waals surface area contributed by atoms with Crippen molar-refractivity contribution in [3.05, 3.63) is 11.6 Å². The van der Waals surface area contributed by atoms with E-state index in [1.807, 2.05) is 0 Å². The third kappa shape index (κ3) is 3.15. The third-order valence-electron chi connectivity index (χ3n) is 13.8. The summed E-state index contributed by atoms with van der Waals surface area (Å²) < 4.78 is 13.2. The zero-order chi connectivity index (χ0) is 26.2. The van der Waals surface area contributed by atoms with Crippen LogP contribution in [0.1, 0.15) is 120 Å². The second kappa shape index (κ2) is 7.42. The molecule has 0 radical (unpaired) electrons. The molecule has 0 aromatic carbocycles. The Morgan fingerprint density at radius 3 is 2.22 bits per heavy atom. The zero-order valence-electron chi connectivity index (χ0n) is 24.8. The maximum atomic E-state index is 10.7. The van der Waals surface area contributed by atoms with E-state index in [0.29, 0.717) is 35.2 Å². The maximum absolute atomic E-state index is 10.7. The van der Waals surface area contributed by atoms with Crippen molar-refractivity contribution < 1.29 is 14.6 Å². The van der Waals surface area contributed by atoms with Gasteiger partial charge in [-0.2, -0.15) is 0 Å². The number of rotatable bonds is 1. The summed E-state index contributed by atoms with van der Waals surface area (Å²) in [6.45, 7) is 22.4. The van der Waals surface area contributed by atoms with Crippen LogP contribution in [0, 0.1) is 50.2 Å². The lowest BCUT2D eigenvalue weighted by Crippen LogP contribution is -2.66. The van der Waals surface area contributed by atoms with Gasteiger partial charge >= 0.3 is 0 Å². The van der Waals surface area contributed by atoms with E-state index in [2.05, 4.69) is 68.4 Å². The Kier molecular flexibility index (Phi) is 5.33. The quantitative estimate of drug-likeness (QED) is 0.373. The van der Waals surface area contributed by atoms with Gasteiger partial charge in [-0.25, -0.2) is 0 Å². The summed E-state index contributed by atoms with van der Waals surface area (Å²) in [5.74, 6) is 1.40. The molecule has 3 heteroatoms. The van der Waals surface area contributed by atoms with Crippen LogP contribution in [-0.2, 0) is 9.47 Å². The van der Waals surface area contributed by atoms with Gasteiger partial charge in [0.1, 0.15) is 0 Å². The predicted octanol–water partition coefficient (Wildman–Crippen LogP) is 7.91. The highest BCUT2D eigenvalue weighted by Gasteiger charge is 2.70. The van der Waals surface area contributed by atoms with Crippen LogP contribution in [-0.4, -0.2) is 29.7 Å². The molecule has 4 saturated carbocycles. The van der Waals surface area contributed by atoms with E-state index in [4.69, 9.17) is 9.47 Å². The van der Waals surface area contributed by atoms with Gasteiger partial charge in [0, 0.05) is 12.0 Å². The van der Waals surface area contributed by atoms with E-state index < -0.39 is 5.79 Å². The summed E-state index contributed by atoms with van der Waals surface area (Å²) in [7, 11) is 0. The molecule has 6 aliphatic rings. The molecule has 0 aromatic heterocycles. The second-order valence-corrected chi connectivity index (χ2v) is 16.9. The SMILES string of the molecule is CC1(C)CC[C@]2(CO)CC[C@]3(C)C(=CC[C@@H]4[C@@]5(C)C[C@H]6OC(C)(C)O[C@@H]6C(C)(C)[C@@H]5CC[C@]43C)[C@@H]2C1. The highest BCUT2D eigenvalue weighted by Crippen LogP contribution is 2.76. The van der Waals surface area contributed by atoms with Gasteiger partial charge in [-0.15, -0.1) is 0 Å². The van der Waals surface area contributed by atoms with Crippen LogP contribution in [0.5, 0.6) is 0 Å². The first-order valence-corrected chi connectivity index (χ1v) is 15.2. The number of allylic oxidation sites excluding steroid dienone is 2. The van der Waals surface area contributed by atoms with Crippen LogP contribution in [0.3, 0.4) is 0 Å². The summed E-state index contributed by atoms with van der Waals surface area (Å²) in [6.07, 6.45) is 14.2. The fourth-order valence-corrected chi connectivity index (χ4v) is 11.8. The summed E-state index contributed by atoms with van der Waals surface area (Å²) >= 11 is 0. The Labute approximate surface area is 221 Å². The van der Waals surface area contributed by atoms with Crippen molar-refractivity contribution in [3.63, 3.8) is 0 Å². The lowest BCUT2D eigenvalue weighted by atomic mass is 9.33. The molecule has 0 bridgehead atoms. The van der Waals surface area contributed by atoms with Crippen molar-refractivity contribution in [2.45, 2.75) is 138 Å². The van der Waals surface area contributed by atoms with Crippen LogP contribution >= 0.6 is 0 Å². The average Bonchev–Trinajstić information content (AvgIpc) is 3.08. The zero-order valence-corrected chi connectivity index (χ0v) is 24.8. The number of fused-ring (bicyclic) bond motifs is 8. The van der Waals surface area contributed by atoms with Crippen LogP contribution < -0.4 is 0 Å². The summed E-state index contributed by atoms with van der Waals surface area (Å²) in [4.78, 5) is 0. The molecular weight excluding hydrogens is 444 g/mol. The van der Waals surface area contributed by atoms with Gasteiger partial charge in [0.2, 0.25) is 0 Å². The Balaban J connectivity index is 1.42. The molecular formula is C33H54O3. The van der Waals surface area contributed by atoms with E-state index in [9.17, 15) is 5.11 Å². The minimum atomic E-state index is -0.476. The van der Waals surface area contributed by atoms with Crippen molar-refractivity contribution in [1.29, 1.82) is 0 Å². The summed E-state index contributed by atoms with van der Waals surface area (Å²) in [6, 6.07) is 0. The fraction of sp³-hybridized carbons (Fsp3) is 0.939. The van der Waals surface area contributed by atoms with Crippen molar-refractivity contribution in [1.82, 2.24) is 0 Å². The first-order chi connectivity index (χ1) is 16.5. The largest absolute Gasteiger partial charge is 0.396 e. The molecule has 3 nitrogen and oxygen atoms in total. The summed E-state index contributed by atoms with van der Waals surface area (Å²) in [5, 5.41) is 10.7.